The predicted octanol–water partition coefficient (Wildman–Crippen LogP) is 6.54. The van der Waals surface area contributed by atoms with Crippen LogP contribution in [0.25, 0.3) is 21.8 Å². The van der Waals surface area contributed by atoms with E-state index in [0.29, 0.717) is 16.8 Å². The smallest absolute Gasteiger partial charge is 0.331 e. The summed E-state index contributed by atoms with van der Waals surface area (Å²) in [4.78, 5) is 29.2. The van der Waals surface area contributed by atoms with Gasteiger partial charge in [-0.15, -0.1) is 0 Å². The second kappa shape index (κ2) is 9.30. The van der Waals surface area contributed by atoms with E-state index in [1.807, 2.05) is 54.6 Å². The van der Waals surface area contributed by atoms with Gasteiger partial charge in [0.2, 0.25) is 0 Å². The number of carbonyl (C=O) groups is 2. The molecule has 0 aliphatic heterocycles. The van der Waals surface area contributed by atoms with Gasteiger partial charge in [0.05, 0.1) is 5.71 Å². The van der Waals surface area contributed by atoms with Crippen molar-refractivity contribution in [1.82, 2.24) is 4.57 Å². The van der Waals surface area contributed by atoms with Gasteiger partial charge in [-0.05, 0) is 113 Å². The molecule has 32 heavy (non-hydrogen) atoms. The lowest BCUT2D eigenvalue weighted by Gasteiger charge is -2.06. The molecule has 0 fully saturated rings. The Morgan fingerprint density at radius 2 is 1.53 bits per heavy atom. The third-order valence-electron chi connectivity index (χ3n) is 5.35. The summed E-state index contributed by atoms with van der Waals surface area (Å²) in [6, 6.07) is 17.8. The fourth-order valence-corrected chi connectivity index (χ4v) is 5.67. The first-order valence-electron chi connectivity index (χ1n) is 10.1. The topological polar surface area (TPSA) is 60.7 Å². The van der Waals surface area contributed by atoms with Crippen LogP contribution in [-0.2, 0) is 16.2 Å². The van der Waals surface area contributed by atoms with Gasteiger partial charge < -0.3 is 9.40 Å². The SMILES string of the molecule is CCn1c2ccc(C(=O)c3ccc(I)cc3I)cc2c2cc(/C(C)=N/OC(C)=O)ccc21. The molecule has 0 unspecified atom stereocenters. The normalized spacial score (nSPS) is 11.8. The van der Waals surface area contributed by atoms with Gasteiger partial charge >= 0.3 is 5.97 Å². The molecule has 0 radical (unpaired) electrons. The molecule has 1 aromatic heterocycles. The Morgan fingerprint density at radius 3 is 2.12 bits per heavy atom. The van der Waals surface area contributed by atoms with Crippen LogP contribution in [0.3, 0.4) is 0 Å². The summed E-state index contributed by atoms with van der Waals surface area (Å²) in [6.45, 7) is 6.04. The molecule has 0 N–H and O–H groups in total. The van der Waals surface area contributed by atoms with Gasteiger partial charge in [0.15, 0.2) is 5.78 Å². The van der Waals surface area contributed by atoms with E-state index in [1.54, 1.807) is 6.92 Å². The van der Waals surface area contributed by atoms with Gasteiger partial charge in [0.1, 0.15) is 0 Å². The molecule has 0 saturated heterocycles. The third-order valence-corrected chi connectivity index (χ3v) is 6.91. The Kier molecular flexibility index (Phi) is 6.66. The molecule has 3 aromatic carbocycles. The minimum Gasteiger partial charge on any atom is -0.341 e. The number of hydrogen-bond donors (Lipinski definition) is 0. The highest BCUT2D eigenvalue weighted by molar-refractivity contribution is 14.1. The van der Waals surface area contributed by atoms with Gasteiger partial charge in [-0.3, -0.25) is 4.79 Å². The number of ketones is 1. The Morgan fingerprint density at radius 1 is 0.906 bits per heavy atom. The molecule has 0 aliphatic rings. The molecule has 5 nitrogen and oxygen atoms in total. The molecule has 7 heteroatoms. The fourth-order valence-electron chi connectivity index (χ4n) is 3.83. The summed E-state index contributed by atoms with van der Waals surface area (Å²) in [6.07, 6.45) is 0. The number of halogens is 2. The van der Waals surface area contributed by atoms with Crippen molar-refractivity contribution in [2.75, 3.05) is 0 Å². The highest BCUT2D eigenvalue weighted by Gasteiger charge is 2.17. The Balaban J connectivity index is 1.87. The number of rotatable bonds is 5. The third kappa shape index (κ3) is 4.32. The molecule has 0 aliphatic carbocycles. The standard InChI is InChI=1S/C25H20I2N2O3/c1-4-29-23-9-5-16(14(2)28-32-15(3)30)11-20(23)21-12-17(6-10-24(21)29)25(31)19-8-7-18(26)13-22(19)27/h5-13H,4H2,1-3H3/b28-14+. The molecule has 0 atom stereocenters. The van der Waals surface area contributed by atoms with Crippen LogP contribution in [0.4, 0.5) is 0 Å². The molecule has 4 aromatic rings. The van der Waals surface area contributed by atoms with Crippen LogP contribution >= 0.6 is 45.2 Å². The molecule has 0 amide bonds. The summed E-state index contributed by atoms with van der Waals surface area (Å²) >= 11 is 4.46. The molecular formula is C25H20I2N2O3. The zero-order valence-electron chi connectivity index (χ0n) is 17.8. The highest BCUT2D eigenvalue weighted by Crippen LogP contribution is 2.32. The number of fused-ring (bicyclic) bond motifs is 3. The molecule has 162 valence electrons. The lowest BCUT2D eigenvalue weighted by Crippen LogP contribution is -2.04. The van der Waals surface area contributed by atoms with E-state index in [0.717, 1.165) is 41.1 Å². The van der Waals surface area contributed by atoms with Crippen LogP contribution < -0.4 is 0 Å². The van der Waals surface area contributed by atoms with Gasteiger partial charge in [0.25, 0.3) is 0 Å². The summed E-state index contributed by atoms with van der Waals surface area (Å²) in [5.41, 5.74) is 4.98. The van der Waals surface area contributed by atoms with E-state index in [2.05, 4.69) is 61.8 Å². The minimum atomic E-state index is -0.457. The van der Waals surface area contributed by atoms with Gasteiger partial charge in [-0.25, -0.2) is 4.79 Å². The van der Waals surface area contributed by atoms with Crippen molar-refractivity contribution in [2.24, 2.45) is 5.16 Å². The van der Waals surface area contributed by atoms with Gasteiger partial charge in [-0.1, -0.05) is 11.2 Å². The number of hydrogen-bond acceptors (Lipinski definition) is 4. The highest BCUT2D eigenvalue weighted by atomic mass is 127. The molecule has 0 bridgehead atoms. The van der Waals surface area contributed by atoms with Crippen LogP contribution in [0.15, 0.2) is 59.8 Å². The molecule has 0 spiro atoms. The molecule has 4 rings (SSSR count). The van der Waals surface area contributed by atoms with Crippen molar-refractivity contribution in [1.29, 1.82) is 0 Å². The van der Waals surface area contributed by atoms with E-state index in [4.69, 9.17) is 4.84 Å². The lowest BCUT2D eigenvalue weighted by molar-refractivity contribution is -0.140. The number of carbonyl (C=O) groups excluding carboxylic acids is 2. The Labute approximate surface area is 213 Å². The van der Waals surface area contributed by atoms with E-state index >= 15 is 0 Å². The fraction of sp³-hybridized carbons (Fsp3) is 0.160. The lowest BCUT2D eigenvalue weighted by atomic mass is 10.0. The maximum atomic E-state index is 13.3. The quantitative estimate of drug-likeness (QED) is 0.0811. The van der Waals surface area contributed by atoms with Crippen LogP contribution in [0.5, 0.6) is 0 Å². The molecule has 1 heterocycles. The number of aryl methyl sites for hydroxylation is 1. The number of oxime groups is 1. The largest absolute Gasteiger partial charge is 0.341 e. The molecular weight excluding hydrogens is 630 g/mol. The minimum absolute atomic E-state index is 0.00820. The maximum Gasteiger partial charge on any atom is 0.331 e. The number of aromatic nitrogens is 1. The Hall–Kier alpha value is -2.27. The van der Waals surface area contributed by atoms with Gasteiger partial charge in [0, 0.05) is 53.5 Å². The molecule has 0 saturated carbocycles. The summed E-state index contributed by atoms with van der Waals surface area (Å²) in [7, 11) is 0. The van der Waals surface area contributed by atoms with Crippen molar-refractivity contribution >= 4 is 84.5 Å². The van der Waals surface area contributed by atoms with Crippen molar-refractivity contribution in [2.45, 2.75) is 27.3 Å². The second-order valence-corrected chi connectivity index (χ2v) is 9.83. The summed E-state index contributed by atoms with van der Waals surface area (Å²) in [5.74, 6) is -0.449. The van der Waals surface area contributed by atoms with E-state index < -0.39 is 5.97 Å². The predicted molar refractivity (Wildman–Crippen MR) is 144 cm³/mol. The van der Waals surface area contributed by atoms with E-state index in [-0.39, 0.29) is 5.78 Å². The average Bonchev–Trinajstić information content (AvgIpc) is 3.09. The summed E-state index contributed by atoms with van der Waals surface area (Å²) < 4.78 is 4.27. The van der Waals surface area contributed by atoms with Crippen LogP contribution in [0.2, 0.25) is 0 Å². The monoisotopic (exact) mass is 650 g/mol. The maximum absolute atomic E-state index is 13.3. The number of benzene rings is 3. The van der Waals surface area contributed by atoms with E-state index in [1.165, 1.54) is 6.92 Å². The van der Waals surface area contributed by atoms with Gasteiger partial charge in [-0.2, -0.15) is 0 Å². The van der Waals surface area contributed by atoms with Crippen molar-refractivity contribution in [3.63, 3.8) is 0 Å². The zero-order valence-corrected chi connectivity index (χ0v) is 22.1. The average molecular weight is 650 g/mol. The van der Waals surface area contributed by atoms with Crippen molar-refractivity contribution < 1.29 is 14.4 Å². The number of nitrogens with zero attached hydrogens (tertiary/aromatic N) is 2. The first kappa shape index (κ1) is 22.9. The zero-order chi connectivity index (χ0) is 23.0. The first-order valence-corrected chi connectivity index (χ1v) is 12.2. The summed E-state index contributed by atoms with van der Waals surface area (Å²) in [5, 5.41) is 5.96. The second-order valence-electron chi connectivity index (χ2n) is 7.42. The Bertz CT molecular complexity index is 1420. The van der Waals surface area contributed by atoms with Crippen LogP contribution in [0.1, 0.15) is 42.3 Å². The van der Waals surface area contributed by atoms with Crippen molar-refractivity contribution in [3.8, 4) is 0 Å². The first-order chi connectivity index (χ1) is 15.3. The van der Waals surface area contributed by atoms with E-state index in [9.17, 15) is 9.59 Å². The van der Waals surface area contributed by atoms with Crippen LogP contribution in [0, 0.1) is 7.14 Å². The van der Waals surface area contributed by atoms with Crippen molar-refractivity contribution in [3.05, 3.63) is 78.4 Å². The van der Waals surface area contributed by atoms with Crippen LogP contribution in [-0.4, -0.2) is 22.0 Å².